The summed E-state index contributed by atoms with van der Waals surface area (Å²) in [6.45, 7) is 1.02. The standard InChI is InChI=1S/C20H30N2O2S/c23-19(15-8-5-3-6-9-15)21-12-13-22-20(24)18-14-16-10-4-1-2-7-11-17(16)25-18/h14-15H,1-13H2,(H,21,23)(H,22,24). The lowest BCUT2D eigenvalue weighted by molar-refractivity contribution is -0.125. The number of hydrogen-bond acceptors (Lipinski definition) is 3. The molecule has 2 aliphatic carbocycles. The Morgan fingerprint density at radius 2 is 1.60 bits per heavy atom. The van der Waals surface area contributed by atoms with E-state index in [4.69, 9.17) is 0 Å². The Balaban J connectivity index is 1.41. The van der Waals surface area contributed by atoms with E-state index >= 15 is 0 Å². The maximum atomic E-state index is 12.4. The van der Waals surface area contributed by atoms with Gasteiger partial charge in [0.2, 0.25) is 5.91 Å². The van der Waals surface area contributed by atoms with Gasteiger partial charge in [-0.25, -0.2) is 0 Å². The Labute approximate surface area is 154 Å². The predicted octanol–water partition coefficient (Wildman–Crippen LogP) is 3.83. The molecular formula is C20H30N2O2S. The van der Waals surface area contributed by atoms with Crippen LogP contribution in [0.5, 0.6) is 0 Å². The van der Waals surface area contributed by atoms with E-state index in [1.165, 1.54) is 42.5 Å². The second-order valence-electron chi connectivity index (χ2n) is 7.36. The molecule has 25 heavy (non-hydrogen) atoms. The van der Waals surface area contributed by atoms with Crippen molar-refractivity contribution < 1.29 is 9.59 Å². The second-order valence-corrected chi connectivity index (χ2v) is 8.49. The molecule has 1 fully saturated rings. The molecule has 5 heteroatoms. The first kappa shape index (κ1) is 18.4. The van der Waals surface area contributed by atoms with E-state index in [1.54, 1.807) is 11.3 Å². The Morgan fingerprint density at radius 1 is 0.920 bits per heavy atom. The van der Waals surface area contributed by atoms with Gasteiger partial charge in [-0.1, -0.05) is 32.1 Å². The third-order valence-electron chi connectivity index (χ3n) is 5.41. The summed E-state index contributed by atoms with van der Waals surface area (Å²) in [5.74, 6) is 0.345. The number of nitrogens with one attached hydrogen (secondary N) is 2. The van der Waals surface area contributed by atoms with Gasteiger partial charge in [0.25, 0.3) is 5.91 Å². The molecule has 1 aromatic heterocycles. The van der Waals surface area contributed by atoms with Crippen molar-refractivity contribution in [2.45, 2.75) is 70.6 Å². The van der Waals surface area contributed by atoms with Crippen molar-refractivity contribution in [2.75, 3.05) is 13.1 Å². The van der Waals surface area contributed by atoms with Crippen molar-refractivity contribution in [1.82, 2.24) is 10.6 Å². The van der Waals surface area contributed by atoms with Crippen LogP contribution in [0.1, 0.15) is 77.9 Å². The summed E-state index contributed by atoms with van der Waals surface area (Å²) in [5, 5.41) is 5.93. The van der Waals surface area contributed by atoms with Gasteiger partial charge in [-0.2, -0.15) is 0 Å². The van der Waals surface area contributed by atoms with Crippen LogP contribution in [-0.4, -0.2) is 24.9 Å². The first-order valence-corrected chi connectivity index (χ1v) is 10.7. The van der Waals surface area contributed by atoms with Gasteiger partial charge in [-0.3, -0.25) is 9.59 Å². The predicted molar refractivity (Wildman–Crippen MR) is 102 cm³/mol. The first-order chi connectivity index (χ1) is 12.2. The first-order valence-electron chi connectivity index (χ1n) is 9.91. The summed E-state index contributed by atoms with van der Waals surface area (Å²) in [6, 6.07) is 2.08. The highest BCUT2D eigenvalue weighted by atomic mass is 32.1. The van der Waals surface area contributed by atoms with Crippen LogP contribution in [-0.2, 0) is 17.6 Å². The summed E-state index contributed by atoms with van der Waals surface area (Å²) < 4.78 is 0. The number of thiophene rings is 1. The molecule has 0 bridgehead atoms. The number of carbonyl (C=O) groups is 2. The Bertz CT molecular complexity index is 565. The number of aryl methyl sites for hydroxylation is 2. The fourth-order valence-electron chi connectivity index (χ4n) is 3.91. The van der Waals surface area contributed by atoms with E-state index in [9.17, 15) is 9.59 Å². The van der Waals surface area contributed by atoms with Crippen molar-refractivity contribution in [3.05, 3.63) is 21.4 Å². The molecular weight excluding hydrogens is 332 g/mol. The average molecular weight is 363 g/mol. The van der Waals surface area contributed by atoms with E-state index in [0.29, 0.717) is 13.1 Å². The summed E-state index contributed by atoms with van der Waals surface area (Å²) in [5.41, 5.74) is 1.38. The van der Waals surface area contributed by atoms with E-state index in [1.807, 2.05) is 0 Å². The lowest BCUT2D eigenvalue weighted by Crippen LogP contribution is -2.38. The largest absolute Gasteiger partial charge is 0.354 e. The minimum Gasteiger partial charge on any atom is -0.354 e. The molecule has 0 aromatic carbocycles. The van der Waals surface area contributed by atoms with E-state index in [-0.39, 0.29) is 17.7 Å². The summed E-state index contributed by atoms with van der Waals surface area (Å²) in [4.78, 5) is 26.7. The molecule has 0 aliphatic heterocycles. The number of amides is 2. The quantitative estimate of drug-likeness (QED) is 0.782. The number of rotatable bonds is 5. The molecule has 1 heterocycles. The zero-order valence-electron chi connectivity index (χ0n) is 15.1. The van der Waals surface area contributed by atoms with Crippen molar-refractivity contribution in [3.8, 4) is 0 Å². The van der Waals surface area contributed by atoms with E-state index in [2.05, 4.69) is 16.7 Å². The van der Waals surface area contributed by atoms with Crippen LogP contribution in [0.3, 0.4) is 0 Å². The highest BCUT2D eigenvalue weighted by molar-refractivity contribution is 7.14. The smallest absolute Gasteiger partial charge is 0.261 e. The molecule has 0 radical (unpaired) electrons. The lowest BCUT2D eigenvalue weighted by atomic mass is 9.89. The molecule has 2 amide bonds. The molecule has 2 N–H and O–H groups in total. The maximum absolute atomic E-state index is 12.4. The second kappa shape index (κ2) is 9.37. The average Bonchev–Trinajstić information content (AvgIpc) is 3.01. The number of carbonyl (C=O) groups excluding carboxylic acids is 2. The van der Waals surface area contributed by atoms with Crippen LogP contribution >= 0.6 is 11.3 Å². The van der Waals surface area contributed by atoms with Crippen LogP contribution in [0.2, 0.25) is 0 Å². The Kier molecular flexibility index (Phi) is 6.91. The van der Waals surface area contributed by atoms with Gasteiger partial charge < -0.3 is 10.6 Å². The van der Waals surface area contributed by atoms with Crippen LogP contribution in [0.4, 0.5) is 0 Å². The van der Waals surface area contributed by atoms with Crippen LogP contribution in [0.15, 0.2) is 6.07 Å². The third kappa shape index (κ3) is 5.30. The third-order valence-corrected chi connectivity index (χ3v) is 6.64. The maximum Gasteiger partial charge on any atom is 0.261 e. The molecule has 2 aliphatic rings. The SMILES string of the molecule is O=C(NCCNC(=O)C1CCCCC1)c1cc2c(s1)CCCCCC2. The molecule has 1 aromatic rings. The molecule has 0 spiro atoms. The Morgan fingerprint density at radius 3 is 2.40 bits per heavy atom. The van der Waals surface area contributed by atoms with Gasteiger partial charge in [0.1, 0.15) is 0 Å². The zero-order chi connectivity index (χ0) is 17.5. The van der Waals surface area contributed by atoms with Gasteiger partial charge in [0, 0.05) is 23.9 Å². The molecule has 4 nitrogen and oxygen atoms in total. The summed E-state index contributed by atoms with van der Waals surface area (Å²) >= 11 is 1.65. The number of hydrogen-bond donors (Lipinski definition) is 2. The normalized spacial score (nSPS) is 18.7. The fourth-order valence-corrected chi connectivity index (χ4v) is 5.08. The lowest BCUT2D eigenvalue weighted by Gasteiger charge is -2.20. The van der Waals surface area contributed by atoms with Crippen LogP contribution < -0.4 is 10.6 Å². The van der Waals surface area contributed by atoms with Crippen molar-refractivity contribution >= 4 is 23.2 Å². The minimum absolute atomic E-state index is 0.00339. The highest BCUT2D eigenvalue weighted by Gasteiger charge is 2.20. The molecule has 3 rings (SSSR count). The van der Waals surface area contributed by atoms with Gasteiger partial charge >= 0.3 is 0 Å². The molecule has 0 saturated heterocycles. The monoisotopic (exact) mass is 362 g/mol. The minimum atomic E-state index is 0.00339. The molecule has 0 unspecified atom stereocenters. The van der Waals surface area contributed by atoms with Crippen LogP contribution in [0.25, 0.3) is 0 Å². The molecule has 138 valence electrons. The van der Waals surface area contributed by atoms with E-state index in [0.717, 1.165) is 43.4 Å². The molecule has 1 saturated carbocycles. The highest BCUT2D eigenvalue weighted by Crippen LogP contribution is 2.28. The number of fused-ring (bicyclic) bond motifs is 1. The fraction of sp³-hybridized carbons (Fsp3) is 0.700. The van der Waals surface area contributed by atoms with Gasteiger partial charge in [-0.15, -0.1) is 11.3 Å². The van der Waals surface area contributed by atoms with Crippen molar-refractivity contribution in [1.29, 1.82) is 0 Å². The van der Waals surface area contributed by atoms with Crippen molar-refractivity contribution in [2.24, 2.45) is 5.92 Å². The van der Waals surface area contributed by atoms with Gasteiger partial charge in [-0.05, 0) is 50.2 Å². The zero-order valence-corrected chi connectivity index (χ0v) is 15.9. The summed E-state index contributed by atoms with van der Waals surface area (Å²) in [6.07, 6.45) is 12.9. The van der Waals surface area contributed by atoms with E-state index < -0.39 is 0 Å². The van der Waals surface area contributed by atoms with Crippen molar-refractivity contribution in [3.63, 3.8) is 0 Å². The Hall–Kier alpha value is -1.36. The summed E-state index contributed by atoms with van der Waals surface area (Å²) in [7, 11) is 0. The van der Waals surface area contributed by atoms with Gasteiger partial charge in [0.05, 0.1) is 4.88 Å². The van der Waals surface area contributed by atoms with Crippen LogP contribution in [0, 0.1) is 5.92 Å². The molecule has 0 atom stereocenters. The topological polar surface area (TPSA) is 58.2 Å². The van der Waals surface area contributed by atoms with Gasteiger partial charge in [0.15, 0.2) is 0 Å².